The van der Waals surface area contributed by atoms with E-state index >= 15 is 0 Å². The largest absolute Gasteiger partial charge is 0.354 e. The number of anilines is 1. The van der Waals surface area contributed by atoms with E-state index in [1.54, 1.807) is 6.20 Å². The monoisotopic (exact) mass is 227 g/mol. The van der Waals surface area contributed by atoms with E-state index in [-0.39, 0.29) is 0 Å². The number of hydrogen-bond acceptors (Lipinski definition) is 3. The number of nitrogens with zero attached hydrogens (tertiary/aromatic N) is 2. The third-order valence-electron chi connectivity index (χ3n) is 2.50. The Bertz CT molecular complexity index is 494. The molecule has 0 spiro atoms. The van der Waals surface area contributed by atoms with Gasteiger partial charge in [0.25, 0.3) is 0 Å². The fourth-order valence-corrected chi connectivity index (χ4v) is 1.65. The molecule has 0 atom stereocenters. The molecule has 3 nitrogen and oxygen atoms in total. The van der Waals surface area contributed by atoms with Crippen molar-refractivity contribution >= 4 is 5.95 Å². The van der Waals surface area contributed by atoms with Crippen LogP contribution >= 0.6 is 0 Å². The molecule has 17 heavy (non-hydrogen) atoms. The van der Waals surface area contributed by atoms with E-state index in [4.69, 9.17) is 0 Å². The van der Waals surface area contributed by atoms with E-state index in [2.05, 4.69) is 47.3 Å². The first-order chi connectivity index (χ1) is 8.29. The lowest BCUT2D eigenvalue weighted by atomic mass is 10.1. The van der Waals surface area contributed by atoms with Crippen LogP contribution in [0.15, 0.2) is 36.5 Å². The zero-order valence-corrected chi connectivity index (χ0v) is 10.3. The minimum Gasteiger partial charge on any atom is -0.354 e. The Morgan fingerprint density at radius 3 is 2.88 bits per heavy atom. The lowest BCUT2D eigenvalue weighted by molar-refractivity contribution is 0.953. The second-order valence-corrected chi connectivity index (χ2v) is 4.06. The molecule has 1 heterocycles. The van der Waals surface area contributed by atoms with E-state index in [1.807, 2.05) is 12.1 Å². The Balaban J connectivity index is 2.26. The smallest absolute Gasteiger partial charge is 0.223 e. The van der Waals surface area contributed by atoms with Gasteiger partial charge in [-0.2, -0.15) is 0 Å². The Morgan fingerprint density at radius 2 is 2.12 bits per heavy atom. The Hall–Kier alpha value is -1.90. The van der Waals surface area contributed by atoms with Gasteiger partial charge in [0.2, 0.25) is 5.95 Å². The van der Waals surface area contributed by atoms with Crippen molar-refractivity contribution in [3.05, 3.63) is 42.1 Å². The molecule has 88 valence electrons. The molecular formula is C14H17N3. The van der Waals surface area contributed by atoms with Gasteiger partial charge in [0.1, 0.15) is 0 Å². The van der Waals surface area contributed by atoms with Crippen molar-refractivity contribution in [1.82, 2.24) is 9.97 Å². The highest BCUT2D eigenvalue weighted by atomic mass is 15.1. The standard InChI is InChI=1S/C14H17N3/c1-3-8-15-14-16-9-7-13(17-14)12-6-4-5-11(2)10-12/h4-7,9-10H,3,8H2,1-2H3,(H,15,16,17). The van der Waals surface area contributed by atoms with Crippen LogP contribution < -0.4 is 5.32 Å². The van der Waals surface area contributed by atoms with Gasteiger partial charge in [-0.25, -0.2) is 9.97 Å². The fraction of sp³-hybridized carbons (Fsp3) is 0.286. The zero-order chi connectivity index (χ0) is 12.1. The molecule has 1 N–H and O–H groups in total. The van der Waals surface area contributed by atoms with Crippen LogP contribution in [0.1, 0.15) is 18.9 Å². The quantitative estimate of drug-likeness (QED) is 0.871. The summed E-state index contributed by atoms with van der Waals surface area (Å²) in [5, 5.41) is 3.20. The van der Waals surface area contributed by atoms with Gasteiger partial charge >= 0.3 is 0 Å². The number of benzene rings is 1. The lowest BCUT2D eigenvalue weighted by Gasteiger charge is -2.05. The van der Waals surface area contributed by atoms with Crippen LogP contribution in [0.2, 0.25) is 0 Å². The summed E-state index contributed by atoms with van der Waals surface area (Å²) in [5.41, 5.74) is 3.33. The molecule has 3 heteroatoms. The van der Waals surface area contributed by atoms with Crippen LogP contribution in [0.4, 0.5) is 5.95 Å². The third-order valence-corrected chi connectivity index (χ3v) is 2.50. The summed E-state index contributed by atoms with van der Waals surface area (Å²) in [7, 11) is 0. The zero-order valence-electron chi connectivity index (χ0n) is 10.3. The first-order valence-corrected chi connectivity index (χ1v) is 5.93. The van der Waals surface area contributed by atoms with Crippen molar-refractivity contribution in [2.75, 3.05) is 11.9 Å². The number of nitrogens with one attached hydrogen (secondary N) is 1. The number of aromatic nitrogens is 2. The maximum absolute atomic E-state index is 4.50. The molecule has 1 aromatic heterocycles. The maximum Gasteiger partial charge on any atom is 0.223 e. The minimum atomic E-state index is 0.700. The van der Waals surface area contributed by atoms with Crippen molar-refractivity contribution in [3.63, 3.8) is 0 Å². The molecular weight excluding hydrogens is 210 g/mol. The second-order valence-electron chi connectivity index (χ2n) is 4.06. The molecule has 2 rings (SSSR count). The van der Waals surface area contributed by atoms with Crippen LogP contribution in [-0.2, 0) is 0 Å². The molecule has 0 fully saturated rings. The van der Waals surface area contributed by atoms with Gasteiger partial charge in [0.15, 0.2) is 0 Å². The van der Waals surface area contributed by atoms with Crippen molar-refractivity contribution < 1.29 is 0 Å². The topological polar surface area (TPSA) is 37.8 Å². The van der Waals surface area contributed by atoms with Crippen molar-refractivity contribution in [2.24, 2.45) is 0 Å². The van der Waals surface area contributed by atoms with Gasteiger partial charge in [0, 0.05) is 18.3 Å². The van der Waals surface area contributed by atoms with Crippen LogP contribution in [0, 0.1) is 6.92 Å². The minimum absolute atomic E-state index is 0.700. The molecule has 0 amide bonds. The van der Waals surface area contributed by atoms with Gasteiger partial charge in [-0.1, -0.05) is 30.7 Å². The summed E-state index contributed by atoms with van der Waals surface area (Å²) in [5.74, 6) is 0.700. The van der Waals surface area contributed by atoms with E-state index in [0.717, 1.165) is 24.2 Å². The summed E-state index contributed by atoms with van der Waals surface area (Å²) < 4.78 is 0. The normalized spacial score (nSPS) is 10.2. The van der Waals surface area contributed by atoms with Crippen LogP contribution in [0.25, 0.3) is 11.3 Å². The Labute approximate surface area is 102 Å². The highest BCUT2D eigenvalue weighted by Crippen LogP contribution is 2.18. The van der Waals surface area contributed by atoms with E-state index in [1.165, 1.54) is 5.56 Å². The summed E-state index contributed by atoms with van der Waals surface area (Å²) in [6.07, 6.45) is 2.86. The van der Waals surface area contributed by atoms with Crippen molar-refractivity contribution in [3.8, 4) is 11.3 Å². The molecule has 0 aliphatic rings. The average Bonchev–Trinajstić information content (AvgIpc) is 2.37. The highest BCUT2D eigenvalue weighted by Gasteiger charge is 2.01. The maximum atomic E-state index is 4.50. The van der Waals surface area contributed by atoms with Gasteiger partial charge < -0.3 is 5.32 Å². The first kappa shape index (κ1) is 11.6. The first-order valence-electron chi connectivity index (χ1n) is 5.93. The van der Waals surface area contributed by atoms with Gasteiger partial charge in [-0.05, 0) is 25.5 Å². The molecule has 1 aromatic carbocycles. The molecule has 0 radical (unpaired) electrons. The average molecular weight is 227 g/mol. The predicted molar refractivity (Wildman–Crippen MR) is 71.0 cm³/mol. The lowest BCUT2D eigenvalue weighted by Crippen LogP contribution is -2.04. The van der Waals surface area contributed by atoms with E-state index < -0.39 is 0 Å². The third kappa shape index (κ3) is 3.03. The van der Waals surface area contributed by atoms with Crippen molar-refractivity contribution in [1.29, 1.82) is 0 Å². The van der Waals surface area contributed by atoms with E-state index in [9.17, 15) is 0 Å². The molecule has 0 saturated heterocycles. The molecule has 0 unspecified atom stereocenters. The molecule has 0 aliphatic heterocycles. The summed E-state index contributed by atoms with van der Waals surface area (Å²) in [6, 6.07) is 10.3. The van der Waals surface area contributed by atoms with Gasteiger partial charge in [-0.15, -0.1) is 0 Å². The van der Waals surface area contributed by atoms with Gasteiger partial charge in [-0.3, -0.25) is 0 Å². The van der Waals surface area contributed by atoms with Crippen LogP contribution in [-0.4, -0.2) is 16.5 Å². The number of aryl methyl sites for hydroxylation is 1. The Kier molecular flexibility index (Phi) is 3.70. The van der Waals surface area contributed by atoms with Crippen LogP contribution in [0.3, 0.4) is 0 Å². The van der Waals surface area contributed by atoms with Crippen LogP contribution in [0.5, 0.6) is 0 Å². The molecule has 0 bridgehead atoms. The van der Waals surface area contributed by atoms with Gasteiger partial charge in [0.05, 0.1) is 5.69 Å². The highest BCUT2D eigenvalue weighted by molar-refractivity contribution is 5.60. The molecule has 2 aromatic rings. The number of rotatable bonds is 4. The molecule has 0 saturated carbocycles. The number of hydrogen-bond donors (Lipinski definition) is 1. The molecule has 0 aliphatic carbocycles. The van der Waals surface area contributed by atoms with Crippen molar-refractivity contribution in [2.45, 2.75) is 20.3 Å². The summed E-state index contributed by atoms with van der Waals surface area (Å²) in [6.45, 7) is 5.11. The summed E-state index contributed by atoms with van der Waals surface area (Å²) >= 11 is 0. The summed E-state index contributed by atoms with van der Waals surface area (Å²) in [4.78, 5) is 8.70. The SMILES string of the molecule is CCCNc1nccc(-c2cccc(C)c2)n1. The fourth-order valence-electron chi connectivity index (χ4n) is 1.65. The predicted octanol–water partition coefficient (Wildman–Crippen LogP) is 3.27. The second kappa shape index (κ2) is 5.43. The van der Waals surface area contributed by atoms with E-state index in [0.29, 0.717) is 5.95 Å². The Morgan fingerprint density at radius 1 is 1.24 bits per heavy atom.